The van der Waals surface area contributed by atoms with Crippen molar-refractivity contribution in [3.05, 3.63) is 22.7 Å². The van der Waals surface area contributed by atoms with Gasteiger partial charge in [0.25, 0.3) is 0 Å². The second-order valence-corrected chi connectivity index (χ2v) is 9.34. The first-order valence-corrected chi connectivity index (χ1v) is 11.2. The number of anilines is 2. The van der Waals surface area contributed by atoms with Crippen molar-refractivity contribution in [3.8, 4) is 5.75 Å². The van der Waals surface area contributed by atoms with Crippen LogP contribution in [0, 0.1) is 6.92 Å². The van der Waals surface area contributed by atoms with Gasteiger partial charge in [0, 0.05) is 30.2 Å². The van der Waals surface area contributed by atoms with Crippen molar-refractivity contribution in [1.29, 1.82) is 0 Å². The van der Waals surface area contributed by atoms with Gasteiger partial charge in [0.1, 0.15) is 5.75 Å². The van der Waals surface area contributed by atoms with Crippen molar-refractivity contribution in [2.45, 2.75) is 56.0 Å². The number of benzene rings is 1. The molecule has 1 atom stereocenters. The maximum absolute atomic E-state index is 12.9. The number of thioether (sulfide) groups is 1. The molecule has 1 amide bonds. The summed E-state index contributed by atoms with van der Waals surface area (Å²) in [5.74, 6) is 1.39. The number of carbonyl (C=O) groups is 1. The maximum atomic E-state index is 12.9. The molecule has 1 saturated carbocycles. The molecule has 0 bridgehead atoms. The highest BCUT2D eigenvalue weighted by Crippen LogP contribution is 2.42. The van der Waals surface area contributed by atoms with Gasteiger partial charge in [-0.1, -0.05) is 23.4 Å². The van der Waals surface area contributed by atoms with Crippen LogP contribution in [-0.4, -0.2) is 46.1 Å². The highest BCUT2D eigenvalue weighted by molar-refractivity contribution is 8.00. The van der Waals surface area contributed by atoms with Gasteiger partial charge in [-0.05, 0) is 51.2 Å². The van der Waals surface area contributed by atoms with Crippen LogP contribution in [-0.2, 0) is 4.79 Å². The molecule has 1 aliphatic heterocycles. The predicted molar refractivity (Wildman–Crippen MR) is 116 cm³/mol. The summed E-state index contributed by atoms with van der Waals surface area (Å²) in [4.78, 5) is 15.2. The molecule has 1 aliphatic carbocycles. The fraction of sp³-hybridized carbons (Fsp3) is 0.550. The quantitative estimate of drug-likeness (QED) is 0.653. The van der Waals surface area contributed by atoms with Crippen LogP contribution in [0.5, 0.6) is 5.75 Å². The van der Waals surface area contributed by atoms with E-state index >= 15 is 0 Å². The van der Waals surface area contributed by atoms with Gasteiger partial charge in [-0.2, -0.15) is 0 Å². The van der Waals surface area contributed by atoms with E-state index in [-0.39, 0.29) is 11.2 Å². The molecule has 1 saturated heterocycles. The van der Waals surface area contributed by atoms with Crippen LogP contribution >= 0.6 is 23.4 Å². The Labute approximate surface area is 180 Å². The van der Waals surface area contributed by atoms with Gasteiger partial charge in [0.2, 0.25) is 11.9 Å². The van der Waals surface area contributed by atoms with E-state index in [1.54, 1.807) is 13.2 Å². The lowest BCUT2D eigenvalue weighted by Crippen LogP contribution is -2.24. The number of carbonyl (C=O) groups excluding carboxylic acids is 1. The topological polar surface area (TPSA) is 72.3 Å². The lowest BCUT2D eigenvalue weighted by atomic mass is 10.2. The highest BCUT2D eigenvalue weighted by atomic mass is 35.5. The van der Waals surface area contributed by atoms with E-state index in [0.29, 0.717) is 22.5 Å². The molecule has 1 unspecified atom stereocenters. The van der Waals surface area contributed by atoms with Crippen LogP contribution < -0.4 is 15.0 Å². The molecule has 2 heterocycles. The number of aryl methyl sites for hydroxylation is 1. The first-order valence-electron chi connectivity index (χ1n) is 9.99. The molecule has 4 rings (SSSR count). The SMILES string of the molecule is COc1cc(Cl)c(C)cc1NC(=O)C(C)Sc1nnc(N2CCCC2)n1C1CC1. The Morgan fingerprint density at radius 1 is 1.31 bits per heavy atom. The van der Waals surface area contributed by atoms with Gasteiger partial charge in [0.15, 0.2) is 5.16 Å². The molecule has 0 radical (unpaired) electrons. The summed E-state index contributed by atoms with van der Waals surface area (Å²) in [6.45, 7) is 5.84. The Bertz CT molecular complexity index is 909. The number of amides is 1. The van der Waals surface area contributed by atoms with Crippen molar-refractivity contribution in [3.63, 3.8) is 0 Å². The van der Waals surface area contributed by atoms with Crippen molar-refractivity contribution in [1.82, 2.24) is 14.8 Å². The Morgan fingerprint density at radius 2 is 2.03 bits per heavy atom. The number of aromatic nitrogens is 3. The molecule has 2 fully saturated rings. The summed E-state index contributed by atoms with van der Waals surface area (Å²) in [6, 6.07) is 4.00. The predicted octanol–water partition coefficient (Wildman–Crippen LogP) is 4.30. The highest BCUT2D eigenvalue weighted by Gasteiger charge is 2.33. The summed E-state index contributed by atoms with van der Waals surface area (Å²) in [5, 5.41) is 12.9. The number of hydrogen-bond donors (Lipinski definition) is 1. The second kappa shape index (κ2) is 8.44. The fourth-order valence-corrected chi connectivity index (χ4v) is 4.58. The van der Waals surface area contributed by atoms with E-state index < -0.39 is 0 Å². The Hall–Kier alpha value is -1.93. The third kappa shape index (κ3) is 4.33. The largest absolute Gasteiger partial charge is 0.495 e. The standard InChI is InChI=1S/C20H26ClN5O2S/c1-12-10-16(17(28-3)11-15(12)21)22-18(27)13(2)29-20-24-23-19(25-8-4-5-9-25)26(20)14-6-7-14/h10-11,13-14H,4-9H2,1-3H3,(H,22,27). The first kappa shape index (κ1) is 20.3. The van der Waals surface area contributed by atoms with E-state index in [0.717, 1.165) is 42.6 Å². The molecular formula is C20H26ClN5O2S. The first-order chi connectivity index (χ1) is 14.0. The average Bonchev–Trinajstić information content (AvgIpc) is 3.22. The number of rotatable bonds is 7. The smallest absolute Gasteiger partial charge is 0.237 e. The van der Waals surface area contributed by atoms with Crippen LogP contribution in [0.4, 0.5) is 11.6 Å². The Morgan fingerprint density at radius 3 is 2.69 bits per heavy atom. The summed E-state index contributed by atoms with van der Waals surface area (Å²) >= 11 is 7.61. The third-order valence-electron chi connectivity index (χ3n) is 5.34. The van der Waals surface area contributed by atoms with Gasteiger partial charge >= 0.3 is 0 Å². The number of nitrogens with one attached hydrogen (secondary N) is 1. The number of nitrogens with zero attached hydrogens (tertiary/aromatic N) is 4. The Kier molecular flexibility index (Phi) is 5.92. The van der Waals surface area contributed by atoms with Gasteiger partial charge < -0.3 is 15.0 Å². The monoisotopic (exact) mass is 435 g/mol. The van der Waals surface area contributed by atoms with E-state index in [1.165, 1.54) is 24.6 Å². The van der Waals surface area contributed by atoms with Crippen LogP contribution in [0.2, 0.25) is 5.02 Å². The molecule has 1 N–H and O–H groups in total. The van der Waals surface area contributed by atoms with Gasteiger partial charge in [-0.25, -0.2) is 0 Å². The number of hydrogen-bond acceptors (Lipinski definition) is 6. The van der Waals surface area contributed by atoms with E-state index in [1.807, 2.05) is 19.9 Å². The van der Waals surface area contributed by atoms with Gasteiger partial charge in [-0.15, -0.1) is 10.2 Å². The molecule has 7 nitrogen and oxygen atoms in total. The molecule has 1 aromatic carbocycles. The molecule has 1 aromatic heterocycles. The van der Waals surface area contributed by atoms with Gasteiger partial charge in [-0.3, -0.25) is 9.36 Å². The zero-order valence-electron chi connectivity index (χ0n) is 16.9. The number of ether oxygens (including phenoxy) is 1. The summed E-state index contributed by atoms with van der Waals surface area (Å²) in [5.41, 5.74) is 1.50. The average molecular weight is 436 g/mol. The van der Waals surface area contributed by atoms with Gasteiger partial charge in [0.05, 0.1) is 18.0 Å². The van der Waals surface area contributed by atoms with Crippen molar-refractivity contribution in [2.75, 3.05) is 30.4 Å². The summed E-state index contributed by atoms with van der Waals surface area (Å²) in [7, 11) is 1.56. The molecule has 2 aliphatic rings. The lowest BCUT2D eigenvalue weighted by molar-refractivity contribution is -0.115. The molecule has 2 aromatic rings. The minimum absolute atomic E-state index is 0.108. The number of methoxy groups -OCH3 is 1. The molecule has 9 heteroatoms. The van der Waals surface area contributed by atoms with Crippen molar-refractivity contribution in [2.24, 2.45) is 0 Å². The molecule has 29 heavy (non-hydrogen) atoms. The zero-order valence-corrected chi connectivity index (χ0v) is 18.5. The summed E-state index contributed by atoms with van der Waals surface area (Å²) in [6.07, 6.45) is 4.69. The number of halogens is 1. The minimum Gasteiger partial charge on any atom is -0.495 e. The maximum Gasteiger partial charge on any atom is 0.237 e. The second-order valence-electron chi connectivity index (χ2n) is 7.63. The summed E-state index contributed by atoms with van der Waals surface area (Å²) < 4.78 is 7.59. The Balaban J connectivity index is 1.49. The minimum atomic E-state index is -0.330. The fourth-order valence-electron chi connectivity index (χ4n) is 3.51. The van der Waals surface area contributed by atoms with Crippen LogP contribution in [0.1, 0.15) is 44.2 Å². The zero-order chi connectivity index (χ0) is 20.5. The molecule has 156 valence electrons. The molecule has 0 spiro atoms. The van der Waals surface area contributed by atoms with Crippen LogP contribution in [0.15, 0.2) is 17.3 Å². The normalized spacial score (nSPS) is 17.4. The van der Waals surface area contributed by atoms with Crippen LogP contribution in [0.3, 0.4) is 0 Å². The third-order valence-corrected chi connectivity index (χ3v) is 6.80. The van der Waals surface area contributed by atoms with Crippen LogP contribution in [0.25, 0.3) is 0 Å². The van der Waals surface area contributed by atoms with Crippen molar-refractivity contribution < 1.29 is 9.53 Å². The lowest BCUT2D eigenvalue weighted by Gasteiger charge is -2.19. The van der Waals surface area contributed by atoms with Crippen molar-refractivity contribution >= 4 is 40.9 Å². The van der Waals surface area contributed by atoms with E-state index in [9.17, 15) is 4.79 Å². The van der Waals surface area contributed by atoms with E-state index in [4.69, 9.17) is 16.3 Å². The molecular weight excluding hydrogens is 410 g/mol. The van der Waals surface area contributed by atoms with E-state index in [2.05, 4.69) is 25.0 Å².